The van der Waals surface area contributed by atoms with Gasteiger partial charge in [-0.1, -0.05) is 13.0 Å². The van der Waals surface area contributed by atoms with Crippen LogP contribution in [0.2, 0.25) is 0 Å². The van der Waals surface area contributed by atoms with Crippen molar-refractivity contribution >= 4 is 17.0 Å². The van der Waals surface area contributed by atoms with E-state index in [1.165, 1.54) is 6.42 Å². The van der Waals surface area contributed by atoms with Crippen LogP contribution in [0.5, 0.6) is 0 Å². The molecule has 0 bridgehead atoms. The van der Waals surface area contributed by atoms with Crippen molar-refractivity contribution in [2.24, 2.45) is 5.92 Å². The van der Waals surface area contributed by atoms with E-state index in [4.69, 9.17) is 5.73 Å². The highest BCUT2D eigenvalue weighted by Crippen LogP contribution is 2.30. The van der Waals surface area contributed by atoms with Gasteiger partial charge in [0.1, 0.15) is 5.69 Å². The Labute approximate surface area is 94.7 Å². The van der Waals surface area contributed by atoms with Gasteiger partial charge in [-0.25, -0.2) is 4.52 Å². The van der Waals surface area contributed by atoms with Crippen molar-refractivity contribution in [3.8, 4) is 0 Å². The average molecular weight is 216 g/mol. The molecule has 2 aromatic rings. The van der Waals surface area contributed by atoms with Gasteiger partial charge in [-0.15, -0.1) is 5.10 Å². The zero-order valence-electron chi connectivity index (χ0n) is 9.43. The van der Waals surface area contributed by atoms with Gasteiger partial charge in [-0.2, -0.15) is 0 Å². The highest BCUT2D eigenvalue weighted by Gasteiger charge is 2.23. The van der Waals surface area contributed by atoms with Gasteiger partial charge in [0.25, 0.3) is 0 Å². The first-order valence-corrected chi connectivity index (χ1v) is 5.73. The summed E-state index contributed by atoms with van der Waals surface area (Å²) in [6.07, 6.45) is 3.17. The number of aromatic nitrogens is 2. The van der Waals surface area contributed by atoms with Gasteiger partial charge >= 0.3 is 0 Å². The fourth-order valence-electron chi connectivity index (χ4n) is 2.37. The van der Waals surface area contributed by atoms with Crippen LogP contribution in [0, 0.1) is 5.92 Å². The first kappa shape index (κ1) is 9.51. The number of hydrogen-bond acceptors (Lipinski definition) is 3. The minimum atomic E-state index is 0.740. The summed E-state index contributed by atoms with van der Waals surface area (Å²) in [5, 5.41) is 4.55. The quantitative estimate of drug-likeness (QED) is 0.790. The van der Waals surface area contributed by atoms with Crippen LogP contribution in [0.1, 0.15) is 13.3 Å². The second-order valence-electron chi connectivity index (χ2n) is 4.61. The third-order valence-electron chi connectivity index (χ3n) is 3.28. The van der Waals surface area contributed by atoms with Gasteiger partial charge in [0.15, 0.2) is 5.82 Å². The predicted octanol–water partition coefficient (Wildman–Crippen LogP) is 1.76. The third-order valence-corrected chi connectivity index (χ3v) is 3.28. The molecule has 2 aromatic heterocycles. The van der Waals surface area contributed by atoms with Crippen molar-refractivity contribution < 1.29 is 0 Å². The molecule has 0 saturated carbocycles. The Kier molecular flexibility index (Phi) is 2.02. The van der Waals surface area contributed by atoms with E-state index in [-0.39, 0.29) is 0 Å². The van der Waals surface area contributed by atoms with Crippen molar-refractivity contribution in [1.29, 1.82) is 0 Å². The Morgan fingerprint density at radius 3 is 3.00 bits per heavy atom. The lowest BCUT2D eigenvalue weighted by Crippen LogP contribution is -2.20. The molecule has 4 nitrogen and oxygen atoms in total. The largest absolute Gasteiger partial charge is 0.394 e. The molecule has 0 aliphatic carbocycles. The van der Waals surface area contributed by atoms with Gasteiger partial charge in [0.05, 0.1) is 5.52 Å². The molecule has 1 aliphatic heterocycles. The number of nitrogen functional groups attached to an aromatic ring is 1. The molecule has 2 N–H and O–H groups in total. The number of anilines is 2. The maximum atomic E-state index is 6.14. The topological polar surface area (TPSA) is 46.6 Å². The Balaban J connectivity index is 2.07. The number of fused-ring (bicyclic) bond motifs is 1. The molecule has 4 heteroatoms. The summed E-state index contributed by atoms with van der Waals surface area (Å²) in [6.45, 7) is 4.40. The van der Waals surface area contributed by atoms with Crippen LogP contribution in [-0.4, -0.2) is 22.7 Å². The average Bonchev–Trinajstić information content (AvgIpc) is 2.84. The minimum Gasteiger partial charge on any atom is -0.394 e. The van der Waals surface area contributed by atoms with Crippen LogP contribution in [-0.2, 0) is 0 Å². The van der Waals surface area contributed by atoms with Crippen LogP contribution in [0.25, 0.3) is 5.52 Å². The number of pyridine rings is 1. The summed E-state index contributed by atoms with van der Waals surface area (Å²) in [5.74, 6) is 1.68. The Morgan fingerprint density at radius 1 is 1.44 bits per heavy atom. The van der Waals surface area contributed by atoms with Gasteiger partial charge in [0, 0.05) is 19.3 Å². The molecular weight excluding hydrogens is 200 g/mol. The molecule has 1 fully saturated rings. The molecule has 3 rings (SSSR count). The molecule has 1 aliphatic rings. The van der Waals surface area contributed by atoms with Crippen molar-refractivity contribution in [2.45, 2.75) is 13.3 Å². The normalized spacial score (nSPS) is 20.8. The maximum Gasteiger partial charge on any atom is 0.174 e. The van der Waals surface area contributed by atoms with E-state index < -0.39 is 0 Å². The van der Waals surface area contributed by atoms with Crippen LogP contribution in [0.4, 0.5) is 11.5 Å². The number of nitrogens with two attached hydrogens (primary N) is 1. The molecule has 1 unspecified atom stereocenters. The van der Waals surface area contributed by atoms with Gasteiger partial charge in [0.2, 0.25) is 0 Å². The first-order valence-electron chi connectivity index (χ1n) is 5.73. The zero-order chi connectivity index (χ0) is 11.1. The van der Waals surface area contributed by atoms with Crippen LogP contribution in [0.3, 0.4) is 0 Å². The number of nitrogens with zero attached hydrogens (tertiary/aromatic N) is 3. The summed E-state index contributed by atoms with van der Waals surface area (Å²) in [6, 6.07) is 5.96. The molecule has 84 valence electrons. The first-order chi connectivity index (χ1) is 7.75. The second kappa shape index (κ2) is 3.40. The van der Waals surface area contributed by atoms with E-state index >= 15 is 0 Å². The number of hydrogen-bond donors (Lipinski definition) is 1. The zero-order valence-corrected chi connectivity index (χ0v) is 9.43. The van der Waals surface area contributed by atoms with Crippen LogP contribution >= 0.6 is 0 Å². The monoisotopic (exact) mass is 216 g/mol. The van der Waals surface area contributed by atoms with Gasteiger partial charge in [-0.05, 0) is 24.5 Å². The van der Waals surface area contributed by atoms with E-state index in [1.807, 2.05) is 28.9 Å². The van der Waals surface area contributed by atoms with E-state index in [1.54, 1.807) is 0 Å². The highest BCUT2D eigenvalue weighted by atomic mass is 15.3. The smallest absolute Gasteiger partial charge is 0.174 e. The van der Waals surface area contributed by atoms with E-state index in [2.05, 4.69) is 16.9 Å². The molecule has 3 heterocycles. The van der Waals surface area contributed by atoms with E-state index in [0.29, 0.717) is 0 Å². The number of rotatable bonds is 1. The summed E-state index contributed by atoms with van der Waals surface area (Å²) >= 11 is 0. The highest BCUT2D eigenvalue weighted by molar-refractivity contribution is 5.81. The second-order valence-corrected chi connectivity index (χ2v) is 4.61. The molecule has 0 amide bonds. The summed E-state index contributed by atoms with van der Waals surface area (Å²) < 4.78 is 1.85. The molecule has 1 saturated heterocycles. The molecule has 1 atom stereocenters. The fraction of sp³-hybridized carbons (Fsp3) is 0.417. The molecule has 0 aromatic carbocycles. The minimum absolute atomic E-state index is 0.740. The van der Waals surface area contributed by atoms with Crippen LogP contribution < -0.4 is 10.6 Å². The third kappa shape index (κ3) is 1.33. The van der Waals surface area contributed by atoms with E-state index in [0.717, 1.165) is 36.0 Å². The molecule has 16 heavy (non-hydrogen) atoms. The van der Waals surface area contributed by atoms with Crippen molar-refractivity contribution in [3.05, 3.63) is 24.4 Å². The standard InChI is InChI=1S/C12H16N4/c1-9-5-7-15(8-9)12-11(13)10-4-2-3-6-16(10)14-12/h2-4,6,9H,5,7-8,13H2,1H3. The summed E-state index contributed by atoms with van der Waals surface area (Å²) in [4.78, 5) is 2.28. The predicted molar refractivity (Wildman–Crippen MR) is 65.6 cm³/mol. The fourth-order valence-corrected chi connectivity index (χ4v) is 2.37. The summed E-state index contributed by atoms with van der Waals surface area (Å²) in [5.41, 5.74) is 7.94. The molecule has 0 spiro atoms. The molecule has 0 radical (unpaired) electrons. The van der Waals surface area contributed by atoms with Gasteiger partial charge < -0.3 is 10.6 Å². The summed E-state index contributed by atoms with van der Waals surface area (Å²) in [7, 11) is 0. The lowest BCUT2D eigenvalue weighted by atomic mass is 10.2. The Hall–Kier alpha value is -1.71. The maximum absolute atomic E-state index is 6.14. The van der Waals surface area contributed by atoms with Crippen LogP contribution in [0.15, 0.2) is 24.4 Å². The lowest BCUT2D eigenvalue weighted by molar-refractivity contribution is 0.658. The SMILES string of the molecule is CC1CCN(c2nn3ccccc3c2N)C1. The van der Waals surface area contributed by atoms with Crippen molar-refractivity contribution in [3.63, 3.8) is 0 Å². The Bertz CT molecular complexity index is 517. The lowest BCUT2D eigenvalue weighted by Gasteiger charge is -2.14. The molecular formula is C12H16N4. The van der Waals surface area contributed by atoms with Gasteiger partial charge in [-0.3, -0.25) is 0 Å². The van der Waals surface area contributed by atoms with Crippen molar-refractivity contribution in [2.75, 3.05) is 23.7 Å². The van der Waals surface area contributed by atoms with E-state index in [9.17, 15) is 0 Å². The van der Waals surface area contributed by atoms with Crippen molar-refractivity contribution in [1.82, 2.24) is 9.61 Å². The Morgan fingerprint density at radius 2 is 2.31 bits per heavy atom.